The van der Waals surface area contributed by atoms with Crippen LogP contribution in [-0.4, -0.2) is 22.8 Å². The molecule has 138 valence electrons. The summed E-state index contributed by atoms with van der Waals surface area (Å²) < 4.78 is 0. The maximum atomic E-state index is 10.2. The van der Waals surface area contributed by atoms with Crippen LogP contribution in [0, 0.1) is 34.5 Å². The van der Waals surface area contributed by atoms with Crippen LogP contribution in [-0.2, 0) is 0 Å². The zero-order valence-electron chi connectivity index (χ0n) is 15.9. The molecule has 2 N–H and O–H groups in total. The number of hydrogen-bond donors (Lipinski definition) is 2. The summed E-state index contributed by atoms with van der Waals surface area (Å²) in [5.41, 5.74) is 2.44. The fraction of sp³-hybridized carbons (Fsp3) is 0.818. The molecule has 0 saturated heterocycles. The Balaban J connectivity index is 1.41. The molecule has 0 amide bonds. The normalized spacial score (nSPS) is 51.4. The lowest BCUT2D eigenvalue weighted by Crippen LogP contribution is -2.54. The lowest BCUT2D eigenvalue weighted by Gasteiger charge is -2.60. The highest BCUT2D eigenvalue weighted by Gasteiger charge is 2.59. The highest BCUT2D eigenvalue weighted by Crippen LogP contribution is 2.66. The summed E-state index contributed by atoms with van der Waals surface area (Å²) in [4.78, 5) is 2.45. The van der Waals surface area contributed by atoms with Crippen molar-refractivity contribution >= 4 is 0 Å². The molecule has 0 aromatic rings. The van der Waals surface area contributed by atoms with Crippen LogP contribution in [0.25, 0.3) is 0 Å². The Hall–Kier alpha value is -0.960. The summed E-state index contributed by atoms with van der Waals surface area (Å²) >= 11 is 0. The molecule has 7 unspecified atom stereocenters. The van der Waals surface area contributed by atoms with Crippen molar-refractivity contribution in [2.24, 2.45) is 34.5 Å². The second-order valence-electron chi connectivity index (χ2n) is 10.0. The largest absolute Gasteiger partial charge is 0.393 e. The third-order valence-electron chi connectivity index (χ3n) is 9.12. The number of hydrogen-bond acceptors (Lipinski definition) is 3. The minimum absolute atomic E-state index is 0.0299. The van der Waals surface area contributed by atoms with E-state index in [9.17, 15) is 5.11 Å². The third-order valence-corrected chi connectivity index (χ3v) is 9.12. The van der Waals surface area contributed by atoms with Gasteiger partial charge in [-0.25, -0.2) is 0 Å². The first-order valence-electron chi connectivity index (χ1n) is 10.6. The van der Waals surface area contributed by atoms with E-state index < -0.39 is 0 Å². The molecule has 25 heavy (non-hydrogen) atoms. The number of aliphatic hydroxyl groups is 1. The minimum Gasteiger partial charge on any atom is -0.393 e. The van der Waals surface area contributed by atoms with Crippen LogP contribution in [0.5, 0.6) is 0 Å². The van der Waals surface area contributed by atoms with Crippen LogP contribution in [0.2, 0.25) is 0 Å². The Bertz CT molecular complexity index is 613. The monoisotopic (exact) mass is 342 g/mol. The summed E-state index contributed by atoms with van der Waals surface area (Å²) in [6.07, 6.45) is 17.0. The van der Waals surface area contributed by atoms with Gasteiger partial charge >= 0.3 is 0 Å². The smallest absolute Gasteiger partial charge is 0.0913 e. The molecule has 3 saturated carbocycles. The summed E-state index contributed by atoms with van der Waals surface area (Å²) in [6, 6.07) is 0. The molecule has 5 rings (SSSR count). The van der Waals surface area contributed by atoms with Gasteiger partial charge in [-0.15, -0.1) is 0 Å². The molecule has 5 aliphatic rings. The third kappa shape index (κ3) is 2.20. The van der Waals surface area contributed by atoms with E-state index in [0.717, 1.165) is 43.2 Å². The predicted molar refractivity (Wildman–Crippen MR) is 100 cm³/mol. The first kappa shape index (κ1) is 16.2. The van der Waals surface area contributed by atoms with Gasteiger partial charge in [0, 0.05) is 23.5 Å². The topological polar surface area (TPSA) is 35.5 Å². The van der Waals surface area contributed by atoms with E-state index in [-0.39, 0.29) is 6.10 Å². The average molecular weight is 343 g/mol. The molecule has 3 nitrogen and oxygen atoms in total. The highest BCUT2D eigenvalue weighted by molar-refractivity contribution is 5.27. The van der Waals surface area contributed by atoms with Gasteiger partial charge in [0.1, 0.15) is 0 Å². The van der Waals surface area contributed by atoms with Crippen LogP contribution in [0.4, 0.5) is 0 Å². The van der Waals surface area contributed by atoms with E-state index in [1.54, 1.807) is 5.70 Å². The van der Waals surface area contributed by atoms with Gasteiger partial charge in [-0.05, 0) is 80.5 Å². The molecule has 0 aromatic carbocycles. The van der Waals surface area contributed by atoms with E-state index in [1.165, 1.54) is 38.5 Å². The fourth-order valence-corrected chi connectivity index (χ4v) is 7.74. The van der Waals surface area contributed by atoms with Crippen LogP contribution in [0.15, 0.2) is 24.2 Å². The summed E-state index contributed by atoms with van der Waals surface area (Å²) in [7, 11) is 0. The van der Waals surface area contributed by atoms with Gasteiger partial charge in [0.15, 0.2) is 0 Å². The number of rotatable bonds is 1. The van der Waals surface area contributed by atoms with Gasteiger partial charge in [-0.3, -0.25) is 0 Å². The van der Waals surface area contributed by atoms with E-state index in [1.807, 2.05) is 0 Å². The molecule has 0 bridgehead atoms. The number of fused-ring (bicyclic) bond motifs is 5. The summed E-state index contributed by atoms with van der Waals surface area (Å²) in [6.45, 7) is 6.08. The van der Waals surface area contributed by atoms with Crippen molar-refractivity contribution in [3.8, 4) is 0 Å². The number of allylic oxidation sites excluding steroid dienone is 2. The fourth-order valence-electron chi connectivity index (χ4n) is 7.74. The Kier molecular flexibility index (Phi) is 3.58. The maximum absolute atomic E-state index is 10.2. The van der Waals surface area contributed by atoms with E-state index in [2.05, 4.69) is 42.5 Å². The van der Waals surface area contributed by atoms with Crippen LogP contribution in [0.3, 0.4) is 0 Å². The standard InChI is InChI=1S/C22H34N2O/c1-21-9-7-16(25)13-15(21)3-4-17-18-5-6-20(24-12-11-23-14-24)22(18,2)10-8-19(17)21/h6,11-12,15-19,23,25H,3-5,7-10,13-14H2,1-2H3. The lowest BCUT2D eigenvalue weighted by atomic mass is 9.45. The zero-order valence-corrected chi connectivity index (χ0v) is 15.9. The van der Waals surface area contributed by atoms with Gasteiger partial charge in [0.2, 0.25) is 0 Å². The summed E-state index contributed by atoms with van der Waals surface area (Å²) in [5.74, 6) is 3.38. The molecular weight excluding hydrogens is 308 g/mol. The maximum Gasteiger partial charge on any atom is 0.0913 e. The molecule has 0 aromatic heterocycles. The van der Waals surface area contributed by atoms with Crippen LogP contribution in [0.1, 0.15) is 65.2 Å². The first-order valence-corrected chi connectivity index (χ1v) is 10.6. The second-order valence-corrected chi connectivity index (χ2v) is 10.0. The quantitative estimate of drug-likeness (QED) is 0.749. The van der Waals surface area contributed by atoms with Gasteiger partial charge in [-0.1, -0.05) is 19.9 Å². The molecule has 0 spiro atoms. The average Bonchev–Trinajstić information content (AvgIpc) is 3.22. The highest BCUT2D eigenvalue weighted by atomic mass is 16.3. The van der Waals surface area contributed by atoms with Crippen molar-refractivity contribution < 1.29 is 5.11 Å². The molecule has 7 atom stereocenters. The molecule has 1 heterocycles. The second kappa shape index (κ2) is 5.52. The Morgan fingerprint density at radius 3 is 2.80 bits per heavy atom. The van der Waals surface area contributed by atoms with Crippen molar-refractivity contribution in [2.75, 3.05) is 6.67 Å². The number of nitrogens with zero attached hydrogens (tertiary/aromatic N) is 1. The van der Waals surface area contributed by atoms with Crippen LogP contribution >= 0.6 is 0 Å². The minimum atomic E-state index is -0.0299. The van der Waals surface area contributed by atoms with Crippen molar-refractivity contribution in [2.45, 2.75) is 71.3 Å². The van der Waals surface area contributed by atoms with E-state index in [0.29, 0.717) is 10.8 Å². The Morgan fingerprint density at radius 2 is 2.00 bits per heavy atom. The zero-order chi connectivity index (χ0) is 17.2. The van der Waals surface area contributed by atoms with Crippen molar-refractivity contribution in [1.82, 2.24) is 10.2 Å². The van der Waals surface area contributed by atoms with E-state index >= 15 is 0 Å². The predicted octanol–water partition coefficient (Wildman–Crippen LogP) is 4.22. The van der Waals surface area contributed by atoms with Crippen molar-refractivity contribution in [3.05, 3.63) is 24.2 Å². The van der Waals surface area contributed by atoms with Gasteiger partial charge in [0.05, 0.1) is 12.8 Å². The molecule has 0 radical (unpaired) electrons. The first-order chi connectivity index (χ1) is 12.0. The Labute approximate surface area is 152 Å². The molecule has 3 fully saturated rings. The lowest BCUT2D eigenvalue weighted by molar-refractivity contribution is -0.119. The molecule has 3 heteroatoms. The Morgan fingerprint density at radius 1 is 1.12 bits per heavy atom. The number of nitrogens with one attached hydrogen (secondary N) is 1. The van der Waals surface area contributed by atoms with Crippen molar-refractivity contribution in [1.29, 1.82) is 0 Å². The van der Waals surface area contributed by atoms with E-state index in [4.69, 9.17) is 0 Å². The summed E-state index contributed by atoms with van der Waals surface area (Å²) in [5, 5.41) is 13.5. The van der Waals surface area contributed by atoms with Crippen LogP contribution < -0.4 is 5.32 Å². The van der Waals surface area contributed by atoms with Gasteiger partial charge in [0.25, 0.3) is 0 Å². The van der Waals surface area contributed by atoms with Crippen molar-refractivity contribution in [3.63, 3.8) is 0 Å². The number of aliphatic hydroxyl groups excluding tert-OH is 1. The SMILES string of the molecule is CC12CCC3C(CCC4CC(O)CCC43C)C1CC=C2N1C=CNC1. The van der Waals surface area contributed by atoms with Gasteiger partial charge < -0.3 is 15.3 Å². The molecule has 4 aliphatic carbocycles. The van der Waals surface area contributed by atoms with Gasteiger partial charge in [-0.2, -0.15) is 0 Å². The molecular formula is C22H34N2O. The molecule has 1 aliphatic heterocycles.